The number of rotatable bonds is 11. The summed E-state index contributed by atoms with van der Waals surface area (Å²) < 4.78 is 94.9. The Bertz CT molecular complexity index is 2170. The van der Waals surface area contributed by atoms with Crippen molar-refractivity contribution in [1.82, 2.24) is 9.80 Å². The smallest absolute Gasteiger partial charge is 0.391 e. The first kappa shape index (κ1) is 47.4. The van der Waals surface area contributed by atoms with Crippen LogP contribution in [0.5, 0.6) is 11.5 Å². The molecule has 0 spiro atoms. The number of hydrogen-bond acceptors (Lipinski definition) is 7. The highest BCUT2D eigenvalue weighted by molar-refractivity contribution is 5.89. The molecule has 4 fully saturated rings. The van der Waals surface area contributed by atoms with Crippen molar-refractivity contribution >= 4 is 33.5 Å². The molecule has 0 atom stereocenters. The van der Waals surface area contributed by atoms with E-state index in [-0.39, 0.29) is 55.7 Å². The van der Waals surface area contributed by atoms with E-state index in [0.29, 0.717) is 45.1 Å². The molecule has 4 aromatic rings. The highest BCUT2D eigenvalue weighted by Gasteiger charge is 2.43. The van der Waals surface area contributed by atoms with Crippen molar-refractivity contribution in [3.05, 3.63) is 83.9 Å². The van der Waals surface area contributed by atoms with Crippen LogP contribution in [0.15, 0.2) is 72.8 Å². The first-order chi connectivity index (χ1) is 30.6. The van der Waals surface area contributed by atoms with Crippen LogP contribution in [0.4, 0.5) is 26.3 Å². The molecule has 348 valence electrons. The monoisotopic (exact) mass is 898 g/mol. The van der Waals surface area contributed by atoms with E-state index in [1.165, 1.54) is 5.56 Å². The van der Waals surface area contributed by atoms with Crippen molar-refractivity contribution in [2.45, 2.75) is 122 Å². The van der Waals surface area contributed by atoms with E-state index < -0.39 is 30.2 Å². The zero-order valence-electron chi connectivity index (χ0n) is 36.5. The third-order valence-electron chi connectivity index (χ3n) is 13.6. The standard InChI is InChI=1S/C26H32F3NO3.C24H28F3NO3/c1-2-32-25(31)19-12-14-30(15-13-19)17-18-6-11-23-20(16-18)4-3-5-24(23)33-22-9-7-21(8-10-22)26(27,28)29;25-24(26,27)19-5-7-20(8-6-19)31-22-3-1-2-18-14-16(4-9-21(18)22)15-28-12-10-17(11-13-28)23(29)30/h3-6,11,16,19,21-22H,2,7-10,12-15,17H2,1H3;1-4,9,14,17,19-20H,5-8,10-13,15H2,(H,29,30). The topological polar surface area (TPSA) is 88.5 Å². The molecule has 0 unspecified atom stereocenters. The highest BCUT2D eigenvalue weighted by Crippen LogP contribution is 2.41. The Balaban J connectivity index is 0.000000192. The molecule has 14 heteroatoms. The Morgan fingerprint density at radius 3 is 1.36 bits per heavy atom. The summed E-state index contributed by atoms with van der Waals surface area (Å²) in [6, 6.07) is 24.2. The molecule has 4 aliphatic rings. The summed E-state index contributed by atoms with van der Waals surface area (Å²) >= 11 is 0. The van der Waals surface area contributed by atoms with Gasteiger partial charge in [0.15, 0.2) is 0 Å². The van der Waals surface area contributed by atoms with E-state index in [1.54, 1.807) is 0 Å². The number of carboxylic acid groups (broad SMARTS) is 1. The predicted molar refractivity (Wildman–Crippen MR) is 233 cm³/mol. The number of fused-ring (bicyclic) bond motifs is 2. The normalized spacial score (nSPS) is 23.3. The summed E-state index contributed by atoms with van der Waals surface area (Å²) in [5, 5.41) is 13.2. The second-order valence-corrected chi connectivity index (χ2v) is 18.1. The van der Waals surface area contributed by atoms with Gasteiger partial charge >= 0.3 is 24.3 Å². The van der Waals surface area contributed by atoms with Gasteiger partial charge in [-0.3, -0.25) is 19.4 Å². The van der Waals surface area contributed by atoms with Crippen LogP contribution in [0.2, 0.25) is 0 Å². The molecule has 2 saturated heterocycles. The largest absolute Gasteiger partial charge is 0.490 e. The number of esters is 1. The quantitative estimate of drug-likeness (QED) is 0.118. The lowest BCUT2D eigenvalue weighted by Crippen LogP contribution is -2.36. The number of nitrogens with zero attached hydrogens (tertiary/aromatic N) is 2. The Morgan fingerprint density at radius 1 is 0.578 bits per heavy atom. The fourth-order valence-corrected chi connectivity index (χ4v) is 9.83. The Morgan fingerprint density at radius 2 is 0.984 bits per heavy atom. The van der Waals surface area contributed by atoms with E-state index in [0.717, 1.165) is 90.7 Å². The number of piperidine rings is 2. The van der Waals surface area contributed by atoms with Crippen molar-refractivity contribution in [3.63, 3.8) is 0 Å². The molecule has 64 heavy (non-hydrogen) atoms. The number of halogens is 6. The summed E-state index contributed by atoms with van der Waals surface area (Å²) in [4.78, 5) is 27.7. The molecular weight excluding hydrogens is 839 g/mol. The summed E-state index contributed by atoms with van der Waals surface area (Å²) in [7, 11) is 0. The fraction of sp³-hybridized carbons (Fsp3) is 0.560. The van der Waals surface area contributed by atoms with Crippen LogP contribution in [0.25, 0.3) is 21.5 Å². The van der Waals surface area contributed by atoms with Gasteiger partial charge in [0.05, 0.1) is 42.5 Å². The number of alkyl halides is 6. The average Bonchev–Trinajstić information content (AvgIpc) is 3.27. The third kappa shape index (κ3) is 12.6. The van der Waals surface area contributed by atoms with Crippen molar-refractivity contribution in [2.24, 2.45) is 23.7 Å². The maximum Gasteiger partial charge on any atom is 0.391 e. The summed E-state index contributed by atoms with van der Waals surface area (Å²) in [6.07, 6.45) is -3.34. The molecule has 8 rings (SSSR count). The van der Waals surface area contributed by atoms with Crippen LogP contribution >= 0.6 is 0 Å². The van der Waals surface area contributed by atoms with Gasteiger partial charge in [0.1, 0.15) is 11.5 Å². The molecule has 0 bridgehead atoms. The lowest BCUT2D eigenvalue weighted by molar-refractivity contribution is -0.186. The average molecular weight is 899 g/mol. The molecular formula is C50H60F6N2O6. The van der Waals surface area contributed by atoms with Crippen LogP contribution in [0.3, 0.4) is 0 Å². The zero-order chi connectivity index (χ0) is 45.4. The van der Waals surface area contributed by atoms with Crippen molar-refractivity contribution in [1.29, 1.82) is 0 Å². The van der Waals surface area contributed by atoms with E-state index in [9.17, 15) is 35.9 Å². The van der Waals surface area contributed by atoms with E-state index in [4.69, 9.17) is 19.3 Å². The predicted octanol–water partition coefficient (Wildman–Crippen LogP) is 11.8. The van der Waals surface area contributed by atoms with Gasteiger partial charge in [0.2, 0.25) is 0 Å². The molecule has 0 aromatic heterocycles. The van der Waals surface area contributed by atoms with E-state index >= 15 is 0 Å². The molecule has 2 heterocycles. The minimum atomic E-state index is -4.11. The maximum absolute atomic E-state index is 12.9. The van der Waals surface area contributed by atoms with Crippen molar-refractivity contribution in [2.75, 3.05) is 32.8 Å². The summed E-state index contributed by atoms with van der Waals surface area (Å²) in [5.41, 5.74) is 2.35. The lowest BCUT2D eigenvalue weighted by Gasteiger charge is -2.31. The molecule has 2 aliphatic carbocycles. The molecule has 1 N–H and O–H groups in total. The second kappa shape index (κ2) is 21.2. The van der Waals surface area contributed by atoms with Crippen molar-refractivity contribution < 1.29 is 55.2 Å². The summed E-state index contributed by atoms with van der Waals surface area (Å²) in [6.45, 7) is 7.14. The van der Waals surface area contributed by atoms with Gasteiger partial charge < -0.3 is 19.3 Å². The number of ether oxygens (including phenoxy) is 3. The molecule has 0 amide bonds. The van der Waals surface area contributed by atoms with Crippen LogP contribution < -0.4 is 9.47 Å². The van der Waals surface area contributed by atoms with Gasteiger partial charge in [-0.1, -0.05) is 48.5 Å². The van der Waals surface area contributed by atoms with Gasteiger partial charge in [-0.2, -0.15) is 26.3 Å². The molecule has 2 saturated carbocycles. The number of benzene rings is 4. The van der Waals surface area contributed by atoms with E-state index in [1.807, 2.05) is 55.5 Å². The van der Waals surface area contributed by atoms with Gasteiger partial charge in [-0.25, -0.2) is 0 Å². The van der Waals surface area contributed by atoms with Crippen molar-refractivity contribution in [3.8, 4) is 11.5 Å². The number of hydrogen-bond donors (Lipinski definition) is 1. The molecule has 0 radical (unpaired) electrons. The Kier molecular flexibility index (Phi) is 15.7. The Hall–Kier alpha value is -4.56. The van der Waals surface area contributed by atoms with Gasteiger partial charge in [-0.05, 0) is 156 Å². The summed E-state index contributed by atoms with van der Waals surface area (Å²) in [5.74, 6) is -1.96. The van der Waals surface area contributed by atoms with Crippen LogP contribution in [0, 0.1) is 23.7 Å². The Labute approximate surface area is 371 Å². The first-order valence-corrected chi connectivity index (χ1v) is 23.0. The number of aliphatic carboxylic acids is 1. The van der Waals surface area contributed by atoms with Crippen LogP contribution in [-0.2, 0) is 27.4 Å². The minimum Gasteiger partial charge on any atom is -0.490 e. The number of carboxylic acids is 1. The number of likely N-dealkylation sites (tertiary alicyclic amines) is 2. The molecule has 8 nitrogen and oxygen atoms in total. The van der Waals surface area contributed by atoms with Crippen LogP contribution in [0.1, 0.15) is 95.1 Å². The lowest BCUT2D eigenvalue weighted by atomic mass is 9.87. The van der Waals surface area contributed by atoms with Gasteiger partial charge in [0, 0.05) is 23.9 Å². The fourth-order valence-electron chi connectivity index (χ4n) is 9.83. The molecule has 4 aromatic carbocycles. The number of carbonyl (C=O) groups is 2. The maximum atomic E-state index is 12.9. The molecule has 2 aliphatic heterocycles. The minimum absolute atomic E-state index is 0.00343. The van der Waals surface area contributed by atoms with Gasteiger partial charge in [0.25, 0.3) is 0 Å². The third-order valence-corrected chi connectivity index (χ3v) is 13.6. The zero-order valence-corrected chi connectivity index (χ0v) is 36.5. The number of carbonyl (C=O) groups excluding carboxylic acids is 1. The highest BCUT2D eigenvalue weighted by atomic mass is 19.4. The van der Waals surface area contributed by atoms with E-state index in [2.05, 4.69) is 34.1 Å². The SMILES string of the molecule is CCOC(=O)C1CCN(Cc2ccc3c(OC4CCC(C(F)(F)F)CC4)cccc3c2)CC1.O=C(O)C1CCN(Cc2ccc3c(OC4CCC(C(F)(F)F)CC4)cccc3c2)CC1. The van der Waals surface area contributed by atoms with Crippen LogP contribution in [-0.4, -0.2) is 84.2 Å². The second-order valence-electron chi connectivity index (χ2n) is 18.1. The van der Waals surface area contributed by atoms with Gasteiger partial charge in [-0.15, -0.1) is 0 Å². The first-order valence-electron chi connectivity index (χ1n) is 23.0.